The smallest absolute Gasteiger partial charge is 0.266 e. The maximum Gasteiger partial charge on any atom is 0.266 e. The van der Waals surface area contributed by atoms with Gasteiger partial charge in [-0.1, -0.05) is 37.1 Å². The zero-order valence-electron chi connectivity index (χ0n) is 16.6. The predicted molar refractivity (Wildman–Crippen MR) is 114 cm³/mol. The second-order valence-corrected chi connectivity index (χ2v) is 6.49. The van der Waals surface area contributed by atoms with E-state index in [9.17, 15) is 10.1 Å². The highest BCUT2D eigenvalue weighted by Crippen LogP contribution is 2.36. The topological polar surface area (TPSA) is 80.6 Å². The number of anilines is 1. The van der Waals surface area contributed by atoms with Crippen LogP contribution in [0.1, 0.15) is 25.3 Å². The number of hydrogen-bond acceptors (Lipinski definition) is 5. The Morgan fingerprint density at radius 3 is 2.45 bits per heavy atom. The van der Waals surface area contributed by atoms with Crippen molar-refractivity contribution >= 4 is 29.3 Å². The van der Waals surface area contributed by atoms with Gasteiger partial charge in [-0.05, 0) is 30.2 Å². The highest BCUT2D eigenvalue weighted by molar-refractivity contribution is 6.32. The molecule has 152 valence electrons. The molecule has 2 aromatic carbocycles. The van der Waals surface area contributed by atoms with Crippen molar-refractivity contribution in [1.29, 1.82) is 5.26 Å². The van der Waals surface area contributed by atoms with Gasteiger partial charge in [0, 0.05) is 12.1 Å². The molecular formula is C22H23ClN2O4. The van der Waals surface area contributed by atoms with Gasteiger partial charge in [0.2, 0.25) is 0 Å². The Morgan fingerprint density at radius 2 is 1.86 bits per heavy atom. The Bertz CT molecular complexity index is 918. The molecular weight excluding hydrogens is 392 g/mol. The van der Waals surface area contributed by atoms with Crippen molar-refractivity contribution in [2.24, 2.45) is 0 Å². The summed E-state index contributed by atoms with van der Waals surface area (Å²) in [4.78, 5) is 12.6. The third-order valence-electron chi connectivity index (χ3n) is 4.04. The summed E-state index contributed by atoms with van der Waals surface area (Å²) in [7, 11) is 2.93. The van der Waals surface area contributed by atoms with E-state index >= 15 is 0 Å². The van der Waals surface area contributed by atoms with Gasteiger partial charge in [0.15, 0.2) is 0 Å². The Kier molecular flexibility index (Phi) is 8.38. The SMILES string of the molecule is CCCCOc1ccc(/C=C(\C#N)C(=O)Nc2cc(OC)c(Cl)cc2OC)cc1. The highest BCUT2D eigenvalue weighted by atomic mass is 35.5. The molecule has 29 heavy (non-hydrogen) atoms. The molecule has 1 N–H and O–H groups in total. The van der Waals surface area contributed by atoms with Gasteiger partial charge < -0.3 is 19.5 Å². The second-order valence-electron chi connectivity index (χ2n) is 6.08. The highest BCUT2D eigenvalue weighted by Gasteiger charge is 2.15. The minimum Gasteiger partial charge on any atom is -0.495 e. The standard InChI is InChI=1S/C22H23ClN2O4/c1-4-5-10-29-17-8-6-15(7-9-17)11-16(14-24)22(26)25-19-13-20(27-2)18(23)12-21(19)28-3/h6-9,11-13H,4-5,10H2,1-3H3,(H,25,26)/b16-11+. The van der Waals surface area contributed by atoms with Crippen LogP contribution in [0.2, 0.25) is 5.02 Å². The summed E-state index contributed by atoms with van der Waals surface area (Å²) in [6.45, 7) is 2.76. The lowest BCUT2D eigenvalue weighted by Crippen LogP contribution is -2.14. The number of benzene rings is 2. The van der Waals surface area contributed by atoms with E-state index in [1.807, 2.05) is 18.2 Å². The second kappa shape index (κ2) is 11.0. The van der Waals surface area contributed by atoms with E-state index in [0.29, 0.717) is 34.4 Å². The zero-order chi connectivity index (χ0) is 21.2. The van der Waals surface area contributed by atoms with E-state index in [1.165, 1.54) is 32.4 Å². The first kappa shape index (κ1) is 22.1. The molecule has 1 amide bonds. The average Bonchev–Trinajstić information content (AvgIpc) is 2.74. The molecule has 0 saturated carbocycles. The summed E-state index contributed by atoms with van der Waals surface area (Å²) in [5.41, 5.74) is 1.00. The zero-order valence-corrected chi connectivity index (χ0v) is 17.4. The van der Waals surface area contributed by atoms with Gasteiger partial charge in [-0.2, -0.15) is 5.26 Å². The molecule has 6 nitrogen and oxygen atoms in total. The number of methoxy groups -OCH3 is 2. The Morgan fingerprint density at radius 1 is 1.17 bits per heavy atom. The van der Waals surface area contributed by atoms with Crippen LogP contribution in [0.3, 0.4) is 0 Å². The van der Waals surface area contributed by atoms with Gasteiger partial charge >= 0.3 is 0 Å². The monoisotopic (exact) mass is 414 g/mol. The first-order chi connectivity index (χ1) is 14.0. The normalized spacial score (nSPS) is 10.8. The Labute approximate surface area is 175 Å². The van der Waals surface area contributed by atoms with E-state index < -0.39 is 5.91 Å². The number of ether oxygens (including phenoxy) is 3. The number of halogens is 1. The van der Waals surface area contributed by atoms with Crippen molar-refractivity contribution in [3.63, 3.8) is 0 Å². The number of carbonyl (C=O) groups excluding carboxylic acids is 1. The molecule has 2 rings (SSSR count). The molecule has 0 radical (unpaired) electrons. The fourth-order valence-electron chi connectivity index (χ4n) is 2.46. The molecule has 0 heterocycles. The molecule has 0 saturated heterocycles. The lowest BCUT2D eigenvalue weighted by molar-refractivity contribution is -0.112. The van der Waals surface area contributed by atoms with Gasteiger partial charge in [-0.25, -0.2) is 0 Å². The molecule has 0 bridgehead atoms. The minimum absolute atomic E-state index is 0.0550. The number of nitrogens with one attached hydrogen (secondary N) is 1. The number of rotatable bonds is 9. The first-order valence-electron chi connectivity index (χ1n) is 9.09. The van der Waals surface area contributed by atoms with E-state index in [1.54, 1.807) is 12.1 Å². The van der Waals surface area contributed by atoms with Crippen molar-refractivity contribution in [3.8, 4) is 23.3 Å². The van der Waals surface area contributed by atoms with E-state index in [2.05, 4.69) is 12.2 Å². The van der Waals surface area contributed by atoms with Crippen molar-refractivity contribution in [3.05, 3.63) is 52.6 Å². The first-order valence-corrected chi connectivity index (χ1v) is 9.47. The molecule has 0 aliphatic heterocycles. The Hall–Kier alpha value is -3.17. The van der Waals surface area contributed by atoms with E-state index in [0.717, 1.165) is 18.6 Å². The summed E-state index contributed by atoms with van der Waals surface area (Å²) < 4.78 is 16.0. The molecule has 0 aliphatic rings. The fourth-order valence-corrected chi connectivity index (χ4v) is 2.69. The minimum atomic E-state index is -0.571. The fraction of sp³-hybridized carbons (Fsp3) is 0.273. The molecule has 0 fully saturated rings. The summed E-state index contributed by atoms with van der Waals surface area (Å²) >= 11 is 6.07. The molecule has 0 aliphatic carbocycles. The molecule has 0 atom stereocenters. The predicted octanol–water partition coefficient (Wildman–Crippen LogP) is 5.08. The number of hydrogen-bond donors (Lipinski definition) is 1. The van der Waals surface area contributed by atoms with E-state index in [4.69, 9.17) is 25.8 Å². The van der Waals surface area contributed by atoms with Gasteiger partial charge in [0.1, 0.15) is 28.9 Å². The van der Waals surface area contributed by atoms with Crippen LogP contribution >= 0.6 is 11.6 Å². The van der Waals surface area contributed by atoms with Crippen LogP contribution in [0.4, 0.5) is 5.69 Å². The van der Waals surface area contributed by atoms with Gasteiger partial charge in [0.25, 0.3) is 5.91 Å². The summed E-state index contributed by atoms with van der Waals surface area (Å²) in [6.07, 6.45) is 3.55. The summed E-state index contributed by atoms with van der Waals surface area (Å²) in [5.74, 6) is 0.911. The van der Waals surface area contributed by atoms with Crippen LogP contribution < -0.4 is 19.5 Å². The van der Waals surface area contributed by atoms with Crippen molar-refractivity contribution in [2.75, 3.05) is 26.1 Å². The van der Waals surface area contributed by atoms with Gasteiger partial charge in [-0.15, -0.1) is 0 Å². The molecule has 7 heteroatoms. The van der Waals surface area contributed by atoms with Crippen LogP contribution in [0.15, 0.2) is 42.0 Å². The molecule has 0 unspecified atom stereocenters. The maximum atomic E-state index is 12.6. The molecule has 2 aromatic rings. The van der Waals surface area contributed by atoms with Crippen LogP contribution in [0, 0.1) is 11.3 Å². The summed E-state index contributed by atoms with van der Waals surface area (Å²) in [6, 6.07) is 12.2. The third-order valence-corrected chi connectivity index (χ3v) is 4.34. The number of nitriles is 1. The lowest BCUT2D eigenvalue weighted by atomic mass is 10.1. The quantitative estimate of drug-likeness (QED) is 0.351. The largest absolute Gasteiger partial charge is 0.495 e. The Balaban J connectivity index is 2.17. The number of amides is 1. The maximum absolute atomic E-state index is 12.6. The number of carbonyl (C=O) groups is 1. The van der Waals surface area contributed by atoms with Crippen molar-refractivity contribution in [2.45, 2.75) is 19.8 Å². The van der Waals surface area contributed by atoms with Gasteiger partial charge in [0.05, 0.1) is 31.5 Å². The van der Waals surface area contributed by atoms with Crippen LogP contribution in [-0.2, 0) is 4.79 Å². The van der Waals surface area contributed by atoms with Crippen LogP contribution in [0.5, 0.6) is 17.2 Å². The number of unbranched alkanes of at least 4 members (excludes halogenated alkanes) is 1. The lowest BCUT2D eigenvalue weighted by Gasteiger charge is -2.13. The summed E-state index contributed by atoms with van der Waals surface area (Å²) in [5, 5.41) is 12.4. The number of nitrogens with zero attached hydrogens (tertiary/aromatic N) is 1. The van der Waals surface area contributed by atoms with Gasteiger partial charge in [-0.3, -0.25) is 4.79 Å². The molecule has 0 spiro atoms. The average molecular weight is 415 g/mol. The van der Waals surface area contributed by atoms with E-state index in [-0.39, 0.29) is 5.57 Å². The third kappa shape index (κ3) is 6.16. The van der Waals surface area contributed by atoms with Crippen LogP contribution in [0.25, 0.3) is 6.08 Å². The van der Waals surface area contributed by atoms with Crippen molar-refractivity contribution < 1.29 is 19.0 Å². The van der Waals surface area contributed by atoms with Crippen molar-refractivity contribution in [1.82, 2.24) is 0 Å². The van der Waals surface area contributed by atoms with Crippen LogP contribution in [-0.4, -0.2) is 26.7 Å². The molecule has 0 aromatic heterocycles.